The van der Waals surface area contributed by atoms with Crippen LogP contribution < -0.4 is 4.74 Å². The number of tetrazole rings is 1. The molecule has 0 aliphatic heterocycles. The largest absolute Gasteiger partial charge is 0.489 e. The number of H-pyrrole nitrogens is 1. The Morgan fingerprint density at radius 2 is 1.95 bits per heavy atom. The van der Waals surface area contributed by atoms with E-state index in [1.807, 2.05) is 30.3 Å². The third-order valence-electron chi connectivity index (χ3n) is 2.83. The molecule has 0 atom stereocenters. The number of benzene rings is 2. The minimum atomic E-state index is 0.395. The van der Waals surface area contributed by atoms with Crippen molar-refractivity contribution < 1.29 is 4.74 Å². The van der Waals surface area contributed by atoms with E-state index in [0.29, 0.717) is 28.2 Å². The molecule has 0 amide bonds. The molecule has 0 saturated carbocycles. The SMILES string of the molecule is Clc1ccc(COc2cccc(-c3nn[nH]n3)c2)cc1Cl. The molecule has 0 bridgehead atoms. The van der Waals surface area contributed by atoms with Gasteiger partial charge in [-0.3, -0.25) is 0 Å². The van der Waals surface area contributed by atoms with E-state index in [-0.39, 0.29) is 0 Å². The fraction of sp³-hybridized carbons (Fsp3) is 0.0714. The summed E-state index contributed by atoms with van der Waals surface area (Å²) in [6.07, 6.45) is 0. The van der Waals surface area contributed by atoms with Crippen molar-refractivity contribution >= 4 is 23.2 Å². The number of nitrogens with one attached hydrogen (secondary N) is 1. The molecule has 2 aromatic carbocycles. The summed E-state index contributed by atoms with van der Waals surface area (Å²) in [5, 5.41) is 14.9. The van der Waals surface area contributed by atoms with E-state index >= 15 is 0 Å². The smallest absolute Gasteiger partial charge is 0.204 e. The van der Waals surface area contributed by atoms with Gasteiger partial charge in [-0.2, -0.15) is 5.21 Å². The van der Waals surface area contributed by atoms with Gasteiger partial charge < -0.3 is 4.74 Å². The third-order valence-corrected chi connectivity index (χ3v) is 3.57. The van der Waals surface area contributed by atoms with Crippen molar-refractivity contribution in [1.29, 1.82) is 0 Å². The predicted octanol–water partition coefficient (Wildman–Crippen LogP) is 3.75. The first-order valence-corrected chi connectivity index (χ1v) is 6.88. The molecule has 0 fully saturated rings. The first kappa shape index (κ1) is 13.9. The van der Waals surface area contributed by atoms with Crippen LogP contribution in [-0.2, 0) is 6.61 Å². The average Bonchev–Trinajstić information content (AvgIpc) is 3.03. The van der Waals surface area contributed by atoms with Crippen LogP contribution in [0.5, 0.6) is 5.75 Å². The Kier molecular flexibility index (Phi) is 4.03. The monoisotopic (exact) mass is 320 g/mol. The lowest BCUT2D eigenvalue weighted by Crippen LogP contribution is -1.95. The summed E-state index contributed by atoms with van der Waals surface area (Å²) in [6.45, 7) is 0.395. The zero-order chi connectivity index (χ0) is 14.7. The van der Waals surface area contributed by atoms with E-state index in [0.717, 1.165) is 11.1 Å². The van der Waals surface area contributed by atoms with Gasteiger partial charge >= 0.3 is 0 Å². The van der Waals surface area contributed by atoms with Crippen molar-refractivity contribution in [2.24, 2.45) is 0 Å². The molecule has 0 aliphatic carbocycles. The minimum absolute atomic E-state index is 0.395. The van der Waals surface area contributed by atoms with Crippen LogP contribution in [0.2, 0.25) is 10.0 Å². The van der Waals surface area contributed by atoms with Gasteiger partial charge in [-0.1, -0.05) is 41.4 Å². The number of ether oxygens (including phenoxy) is 1. The standard InChI is InChI=1S/C14H10Cl2N4O/c15-12-5-4-9(6-13(12)16)8-21-11-3-1-2-10(7-11)14-17-19-20-18-14/h1-7H,8H2,(H,17,18,19,20). The van der Waals surface area contributed by atoms with E-state index in [1.165, 1.54) is 0 Å². The minimum Gasteiger partial charge on any atom is -0.489 e. The van der Waals surface area contributed by atoms with E-state index < -0.39 is 0 Å². The van der Waals surface area contributed by atoms with Crippen molar-refractivity contribution in [3.63, 3.8) is 0 Å². The Morgan fingerprint density at radius 3 is 2.71 bits per heavy atom. The van der Waals surface area contributed by atoms with Crippen LogP contribution in [0.4, 0.5) is 0 Å². The van der Waals surface area contributed by atoms with E-state index in [9.17, 15) is 0 Å². The quantitative estimate of drug-likeness (QED) is 0.795. The van der Waals surface area contributed by atoms with Crippen LogP contribution in [0.25, 0.3) is 11.4 Å². The maximum Gasteiger partial charge on any atom is 0.204 e. The normalized spacial score (nSPS) is 10.6. The number of nitrogens with zero attached hydrogens (tertiary/aromatic N) is 3. The van der Waals surface area contributed by atoms with Gasteiger partial charge in [0, 0.05) is 5.56 Å². The molecule has 21 heavy (non-hydrogen) atoms. The molecule has 5 nitrogen and oxygen atoms in total. The Bertz CT molecular complexity index is 746. The summed E-state index contributed by atoms with van der Waals surface area (Å²) in [7, 11) is 0. The van der Waals surface area contributed by atoms with Crippen molar-refractivity contribution in [3.8, 4) is 17.1 Å². The number of rotatable bonds is 4. The second-order valence-electron chi connectivity index (χ2n) is 4.30. The molecular formula is C14H10Cl2N4O. The third kappa shape index (κ3) is 3.32. The highest BCUT2D eigenvalue weighted by Gasteiger charge is 2.05. The fourth-order valence-electron chi connectivity index (χ4n) is 1.81. The van der Waals surface area contributed by atoms with Crippen LogP contribution in [0.3, 0.4) is 0 Å². The van der Waals surface area contributed by atoms with Gasteiger partial charge in [0.15, 0.2) is 0 Å². The molecule has 3 rings (SSSR count). The molecule has 1 heterocycles. The van der Waals surface area contributed by atoms with Gasteiger partial charge in [-0.15, -0.1) is 10.2 Å². The number of aromatic amines is 1. The van der Waals surface area contributed by atoms with Crippen molar-refractivity contribution in [2.75, 3.05) is 0 Å². The van der Waals surface area contributed by atoms with Gasteiger partial charge in [0.05, 0.1) is 10.0 Å². The molecule has 0 saturated heterocycles. The van der Waals surface area contributed by atoms with Crippen LogP contribution in [0, 0.1) is 0 Å². The summed E-state index contributed by atoms with van der Waals surface area (Å²) in [6, 6.07) is 12.9. The zero-order valence-electron chi connectivity index (χ0n) is 10.8. The van der Waals surface area contributed by atoms with Crippen LogP contribution in [-0.4, -0.2) is 20.6 Å². The molecule has 1 aromatic heterocycles. The second kappa shape index (κ2) is 6.11. The molecule has 1 N–H and O–H groups in total. The maximum atomic E-state index is 5.97. The molecule has 0 aliphatic rings. The fourth-order valence-corrected chi connectivity index (χ4v) is 2.13. The number of aromatic nitrogens is 4. The molecule has 0 spiro atoms. The molecule has 0 radical (unpaired) electrons. The van der Waals surface area contributed by atoms with Crippen LogP contribution in [0.15, 0.2) is 42.5 Å². The zero-order valence-corrected chi connectivity index (χ0v) is 12.3. The number of halogens is 2. The average molecular weight is 321 g/mol. The van der Waals surface area contributed by atoms with E-state index in [4.69, 9.17) is 27.9 Å². The Labute approximate surface area is 130 Å². The Hall–Kier alpha value is -2.11. The topological polar surface area (TPSA) is 63.7 Å². The van der Waals surface area contributed by atoms with Gasteiger partial charge in [0.25, 0.3) is 0 Å². The van der Waals surface area contributed by atoms with Crippen LogP contribution in [0.1, 0.15) is 5.56 Å². The summed E-state index contributed by atoms with van der Waals surface area (Å²) < 4.78 is 5.74. The summed E-state index contributed by atoms with van der Waals surface area (Å²) in [5.74, 6) is 1.23. The molecule has 0 unspecified atom stereocenters. The Morgan fingerprint density at radius 1 is 1.05 bits per heavy atom. The lowest BCUT2D eigenvalue weighted by atomic mass is 10.2. The summed E-state index contributed by atoms with van der Waals surface area (Å²) in [4.78, 5) is 0. The molecular weight excluding hydrogens is 311 g/mol. The first-order chi connectivity index (χ1) is 10.2. The van der Waals surface area contributed by atoms with Gasteiger partial charge in [0.2, 0.25) is 5.82 Å². The molecule has 3 aromatic rings. The number of hydrogen-bond acceptors (Lipinski definition) is 4. The first-order valence-electron chi connectivity index (χ1n) is 6.13. The Balaban J connectivity index is 1.73. The predicted molar refractivity (Wildman–Crippen MR) is 80.4 cm³/mol. The summed E-state index contributed by atoms with van der Waals surface area (Å²) >= 11 is 11.9. The van der Waals surface area contributed by atoms with Crippen molar-refractivity contribution in [3.05, 3.63) is 58.1 Å². The van der Waals surface area contributed by atoms with Crippen molar-refractivity contribution in [2.45, 2.75) is 6.61 Å². The van der Waals surface area contributed by atoms with Gasteiger partial charge in [-0.05, 0) is 35.0 Å². The van der Waals surface area contributed by atoms with Crippen LogP contribution >= 0.6 is 23.2 Å². The van der Waals surface area contributed by atoms with E-state index in [2.05, 4.69) is 20.6 Å². The van der Waals surface area contributed by atoms with Gasteiger partial charge in [-0.25, -0.2) is 0 Å². The highest BCUT2D eigenvalue weighted by molar-refractivity contribution is 6.42. The van der Waals surface area contributed by atoms with Crippen molar-refractivity contribution in [1.82, 2.24) is 20.6 Å². The second-order valence-corrected chi connectivity index (χ2v) is 5.11. The van der Waals surface area contributed by atoms with Gasteiger partial charge in [0.1, 0.15) is 12.4 Å². The summed E-state index contributed by atoms with van der Waals surface area (Å²) in [5.41, 5.74) is 1.77. The highest BCUT2D eigenvalue weighted by Crippen LogP contribution is 2.24. The maximum absolute atomic E-state index is 5.97. The highest BCUT2D eigenvalue weighted by atomic mass is 35.5. The molecule has 106 valence electrons. The molecule has 7 heteroatoms. The lowest BCUT2D eigenvalue weighted by Gasteiger charge is -2.08. The number of hydrogen-bond donors (Lipinski definition) is 1. The lowest BCUT2D eigenvalue weighted by molar-refractivity contribution is 0.306. The van der Waals surface area contributed by atoms with E-state index in [1.54, 1.807) is 12.1 Å².